The largest absolute Gasteiger partial charge is 0.461 e. The number of hydrogen-bond acceptors (Lipinski definition) is 4. The highest BCUT2D eigenvalue weighted by Gasteiger charge is 2.25. The first-order valence-electron chi connectivity index (χ1n) is 6.62. The van der Waals surface area contributed by atoms with Gasteiger partial charge in [-0.2, -0.15) is 0 Å². The summed E-state index contributed by atoms with van der Waals surface area (Å²) in [5, 5.41) is 0. The van der Waals surface area contributed by atoms with E-state index in [1.807, 2.05) is 51.5 Å². The number of ether oxygens (including phenoxy) is 2. The maximum Gasteiger partial charge on any atom is 0.404 e. The smallest absolute Gasteiger partial charge is 0.404 e. The Balaban J connectivity index is 2.49. The minimum atomic E-state index is -0.913. The van der Waals surface area contributed by atoms with E-state index in [1.54, 1.807) is 0 Å². The second-order valence-electron chi connectivity index (χ2n) is 5.80. The van der Waals surface area contributed by atoms with Crippen LogP contribution in [0.4, 0.5) is 4.79 Å². The molecule has 0 aliphatic heterocycles. The molecule has 116 valence electrons. The van der Waals surface area contributed by atoms with Crippen LogP contribution in [-0.4, -0.2) is 49.7 Å². The molecule has 1 atom stereocenters. The molecular weight excluding hydrogens is 294 g/mol. The zero-order chi connectivity index (χ0) is 15.9. The summed E-state index contributed by atoms with van der Waals surface area (Å²) in [5.41, 5.74) is -0.00681. The van der Waals surface area contributed by atoms with Crippen LogP contribution in [0, 0.1) is 0 Å². The minimum absolute atomic E-state index is 0.0131. The number of likely N-dealkylation sites (N-methyl/N-ethyl adjacent to an activating group) is 1. The molecule has 0 N–H and O–H groups in total. The van der Waals surface area contributed by atoms with E-state index in [0.29, 0.717) is 11.0 Å². The van der Waals surface area contributed by atoms with Crippen LogP contribution >= 0.6 is 11.6 Å². The summed E-state index contributed by atoms with van der Waals surface area (Å²) >= 11 is 5.24. The molecular formula is C15H21ClNO4+. The lowest BCUT2D eigenvalue weighted by Crippen LogP contribution is -2.43. The van der Waals surface area contributed by atoms with E-state index in [4.69, 9.17) is 21.1 Å². The Kier molecular flexibility index (Phi) is 6.65. The zero-order valence-electron chi connectivity index (χ0n) is 12.5. The van der Waals surface area contributed by atoms with Gasteiger partial charge in [0.25, 0.3) is 0 Å². The van der Waals surface area contributed by atoms with Crippen LogP contribution in [0.15, 0.2) is 30.3 Å². The van der Waals surface area contributed by atoms with Gasteiger partial charge in [-0.25, -0.2) is 4.79 Å². The predicted octanol–water partition coefficient (Wildman–Crippen LogP) is 2.57. The maximum atomic E-state index is 11.8. The highest BCUT2D eigenvalue weighted by molar-refractivity contribution is 6.61. The molecule has 0 aliphatic carbocycles. The zero-order valence-corrected chi connectivity index (χ0v) is 13.3. The number of quaternary nitrogens is 1. The summed E-state index contributed by atoms with van der Waals surface area (Å²) in [4.78, 5) is 22.7. The third-order valence-electron chi connectivity index (χ3n) is 2.65. The van der Waals surface area contributed by atoms with Crippen molar-refractivity contribution in [2.75, 3.05) is 27.7 Å². The van der Waals surface area contributed by atoms with Crippen molar-refractivity contribution in [2.24, 2.45) is 0 Å². The molecule has 1 aromatic carbocycles. The van der Waals surface area contributed by atoms with Crippen LogP contribution in [0.5, 0.6) is 0 Å². The fraction of sp³-hybridized carbons (Fsp3) is 0.467. The number of esters is 1. The Hall–Kier alpha value is -1.59. The number of carbonyl (C=O) groups excluding carboxylic acids is 2. The van der Waals surface area contributed by atoms with Gasteiger partial charge in [-0.3, -0.25) is 4.79 Å². The van der Waals surface area contributed by atoms with E-state index in [0.717, 1.165) is 5.56 Å². The van der Waals surface area contributed by atoms with Crippen LogP contribution in [-0.2, 0) is 20.9 Å². The van der Waals surface area contributed by atoms with Gasteiger partial charge < -0.3 is 14.0 Å². The molecule has 0 saturated heterocycles. The molecule has 0 radical (unpaired) electrons. The number of hydrogen-bond donors (Lipinski definition) is 0. The second-order valence-corrected chi connectivity index (χ2v) is 6.11. The summed E-state index contributed by atoms with van der Waals surface area (Å²) in [5.74, 6) is -0.421. The molecule has 0 unspecified atom stereocenters. The molecule has 6 heteroatoms. The van der Waals surface area contributed by atoms with Crippen molar-refractivity contribution < 1.29 is 23.5 Å². The number of rotatable bonds is 7. The van der Waals surface area contributed by atoms with Gasteiger partial charge in [-0.15, -0.1) is 0 Å². The van der Waals surface area contributed by atoms with Gasteiger partial charge >= 0.3 is 11.4 Å². The topological polar surface area (TPSA) is 52.6 Å². The minimum Gasteiger partial charge on any atom is -0.461 e. The summed E-state index contributed by atoms with van der Waals surface area (Å²) in [6.45, 7) is 0.671. The van der Waals surface area contributed by atoms with E-state index < -0.39 is 17.5 Å². The molecule has 0 bridgehead atoms. The monoisotopic (exact) mass is 314 g/mol. The van der Waals surface area contributed by atoms with Gasteiger partial charge in [0, 0.05) is 11.6 Å². The molecule has 0 heterocycles. The third-order valence-corrected chi connectivity index (χ3v) is 2.74. The van der Waals surface area contributed by atoms with Gasteiger partial charge in [0.05, 0.1) is 27.6 Å². The normalized spacial score (nSPS) is 12.6. The molecule has 5 nitrogen and oxygen atoms in total. The average molecular weight is 315 g/mol. The number of benzene rings is 1. The van der Waals surface area contributed by atoms with Crippen molar-refractivity contribution in [1.29, 1.82) is 0 Å². The van der Waals surface area contributed by atoms with Crippen LogP contribution in [0.1, 0.15) is 12.0 Å². The van der Waals surface area contributed by atoms with Crippen molar-refractivity contribution in [3.63, 3.8) is 0 Å². The molecule has 0 spiro atoms. The van der Waals surface area contributed by atoms with Crippen molar-refractivity contribution >= 4 is 23.0 Å². The lowest BCUT2D eigenvalue weighted by molar-refractivity contribution is -0.873. The third kappa shape index (κ3) is 8.32. The van der Waals surface area contributed by atoms with Crippen molar-refractivity contribution in [2.45, 2.75) is 19.1 Å². The van der Waals surface area contributed by atoms with Gasteiger partial charge in [0.1, 0.15) is 13.2 Å². The van der Waals surface area contributed by atoms with E-state index in [9.17, 15) is 9.59 Å². The fourth-order valence-electron chi connectivity index (χ4n) is 1.87. The SMILES string of the molecule is C[N+](C)(C)C[C@H](CC(=O)OCc1ccccc1)OC(=O)Cl. The molecule has 0 saturated carbocycles. The second kappa shape index (κ2) is 8.00. The molecule has 0 fully saturated rings. The van der Waals surface area contributed by atoms with E-state index >= 15 is 0 Å². The number of carbonyl (C=O) groups is 2. The lowest BCUT2D eigenvalue weighted by Gasteiger charge is -2.28. The lowest BCUT2D eigenvalue weighted by atomic mass is 10.2. The van der Waals surface area contributed by atoms with Gasteiger partial charge in [0.2, 0.25) is 0 Å². The summed E-state index contributed by atoms with van der Waals surface area (Å²) in [7, 11) is 5.80. The van der Waals surface area contributed by atoms with Crippen LogP contribution < -0.4 is 0 Å². The quantitative estimate of drug-likeness (QED) is 0.441. The molecule has 1 aromatic rings. The van der Waals surface area contributed by atoms with E-state index in [1.165, 1.54) is 0 Å². The van der Waals surface area contributed by atoms with Crippen molar-refractivity contribution in [3.8, 4) is 0 Å². The molecule has 0 aromatic heterocycles. The van der Waals surface area contributed by atoms with Crippen LogP contribution in [0.25, 0.3) is 0 Å². The van der Waals surface area contributed by atoms with Gasteiger partial charge in [-0.1, -0.05) is 30.3 Å². The first kappa shape index (κ1) is 17.5. The average Bonchev–Trinajstić information content (AvgIpc) is 2.34. The standard InChI is InChI=1S/C15H21ClNO4/c1-17(2,3)10-13(21-15(16)19)9-14(18)20-11-12-7-5-4-6-8-12/h4-8,13H,9-11H2,1-3H3/q+1/t13-/m0/s1. The Bertz CT molecular complexity index is 470. The summed E-state index contributed by atoms with van der Waals surface area (Å²) in [6.07, 6.45) is -0.612. The maximum absolute atomic E-state index is 11.8. The Morgan fingerprint density at radius 3 is 2.33 bits per heavy atom. The van der Waals surface area contributed by atoms with Crippen LogP contribution in [0.3, 0.4) is 0 Å². The predicted molar refractivity (Wildman–Crippen MR) is 79.9 cm³/mol. The highest BCUT2D eigenvalue weighted by atomic mass is 35.5. The van der Waals surface area contributed by atoms with E-state index in [-0.39, 0.29) is 13.0 Å². The van der Waals surface area contributed by atoms with Crippen molar-refractivity contribution in [3.05, 3.63) is 35.9 Å². The highest BCUT2D eigenvalue weighted by Crippen LogP contribution is 2.09. The Morgan fingerprint density at radius 2 is 1.81 bits per heavy atom. The molecule has 0 aliphatic rings. The van der Waals surface area contributed by atoms with Gasteiger partial charge in [-0.05, 0) is 5.56 Å². The fourth-order valence-corrected chi connectivity index (χ4v) is 1.99. The molecule has 21 heavy (non-hydrogen) atoms. The first-order chi connectivity index (χ1) is 9.76. The van der Waals surface area contributed by atoms with Crippen molar-refractivity contribution in [1.82, 2.24) is 0 Å². The Labute approximate surface area is 130 Å². The van der Waals surface area contributed by atoms with E-state index in [2.05, 4.69) is 0 Å². The number of halogens is 1. The molecule has 1 rings (SSSR count). The Morgan fingerprint density at radius 1 is 1.19 bits per heavy atom. The summed E-state index contributed by atoms with van der Waals surface area (Å²) < 4.78 is 10.7. The van der Waals surface area contributed by atoms with Gasteiger partial charge in [0.15, 0.2) is 6.10 Å². The summed E-state index contributed by atoms with van der Waals surface area (Å²) in [6, 6.07) is 9.38. The number of nitrogens with zero attached hydrogens (tertiary/aromatic N) is 1. The van der Waals surface area contributed by atoms with Crippen LogP contribution in [0.2, 0.25) is 0 Å². The molecule has 0 amide bonds. The first-order valence-corrected chi connectivity index (χ1v) is 7.00.